The van der Waals surface area contributed by atoms with E-state index in [1.54, 1.807) is 0 Å². The van der Waals surface area contributed by atoms with Crippen molar-refractivity contribution >= 4 is 21.7 Å². The topological polar surface area (TPSA) is 122 Å². The van der Waals surface area contributed by atoms with Crippen molar-refractivity contribution in [3.8, 4) is 0 Å². The molecule has 140 valence electrons. The minimum atomic E-state index is -4.02. The van der Waals surface area contributed by atoms with Crippen molar-refractivity contribution in [2.75, 3.05) is 18.4 Å². The van der Waals surface area contributed by atoms with Crippen molar-refractivity contribution in [3.05, 3.63) is 23.3 Å². The van der Waals surface area contributed by atoms with Crippen LogP contribution >= 0.6 is 0 Å². The van der Waals surface area contributed by atoms with Crippen LogP contribution < -0.4 is 15.8 Å². The van der Waals surface area contributed by atoms with Crippen LogP contribution in [0.2, 0.25) is 0 Å². The van der Waals surface area contributed by atoms with Crippen LogP contribution in [0.25, 0.3) is 0 Å². The zero-order chi connectivity index (χ0) is 18.4. The normalized spacial score (nSPS) is 18.1. The number of primary sulfonamides is 1. The van der Waals surface area contributed by atoms with E-state index in [0.717, 1.165) is 38.6 Å². The van der Waals surface area contributed by atoms with Crippen LogP contribution in [0.3, 0.4) is 0 Å². The third kappa shape index (κ3) is 5.42. The van der Waals surface area contributed by atoms with E-state index in [1.807, 2.05) is 0 Å². The van der Waals surface area contributed by atoms with Crippen LogP contribution in [0.4, 0.5) is 5.69 Å². The molecule has 1 heterocycles. The van der Waals surface area contributed by atoms with Gasteiger partial charge in [-0.2, -0.15) is 0 Å². The molecule has 0 aromatic heterocycles. The number of nitrogens with one attached hydrogen (secondary N) is 2. The Morgan fingerprint density at radius 1 is 1.40 bits per heavy atom. The molecule has 1 saturated heterocycles. The summed E-state index contributed by atoms with van der Waals surface area (Å²) in [5, 5.41) is 21.3. The van der Waals surface area contributed by atoms with Crippen molar-refractivity contribution in [1.82, 2.24) is 5.32 Å². The number of unbranched alkanes of at least 4 members (excludes halogenated alkanes) is 1. The maximum Gasteiger partial charge on any atom is 0.335 e. The molecule has 2 rings (SSSR count). The second-order valence-corrected chi connectivity index (χ2v) is 8.01. The highest BCUT2D eigenvalue weighted by molar-refractivity contribution is 7.89. The van der Waals surface area contributed by atoms with Crippen molar-refractivity contribution < 1.29 is 18.3 Å². The third-order valence-electron chi connectivity index (χ3n) is 4.47. The molecule has 0 radical (unpaired) electrons. The van der Waals surface area contributed by atoms with E-state index in [0.29, 0.717) is 24.2 Å². The predicted octanol–water partition coefficient (Wildman–Crippen LogP) is 1.93. The van der Waals surface area contributed by atoms with E-state index in [4.69, 9.17) is 5.14 Å². The minimum Gasteiger partial charge on any atom is -0.478 e. The first-order chi connectivity index (χ1) is 11.8. The van der Waals surface area contributed by atoms with E-state index >= 15 is 0 Å². The average molecular weight is 369 g/mol. The van der Waals surface area contributed by atoms with Gasteiger partial charge in [-0.1, -0.05) is 19.8 Å². The second kappa shape index (κ2) is 8.64. The second-order valence-electron chi connectivity index (χ2n) is 6.48. The summed E-state index contributed by atoms with van der Waals surface area (Å²) in [6, 6.07) is 2.84. The molecule has 1 fully saturated rings. The Labute approximate surface area is 149 Å². The summed E-state index contributed by atoms with van der Waals surface area (Å²) in [7, 11) is -4.02. The van der Waals surface area contributed by atoms with Gasteiger partial charge in [0.05, 0.1) is 10.5 Å². The number of aromatic carboxylic acids is 1. The predicted molar refractivity (Wildman–Crippen MR) is 97.5 cm³/mol. The first kappa shape index (κ1) is 19.7. The highest BCUT2D eigenvalue weighted by Gasteiger charge is 2.24. The lowest BCUT2D eigenvalue weighted by atomic mass is 9.95. The van der Waals surface area contributed by atoms with E-state index < -0.39 is 16.0 Å². The number of piperidine rings is 1. The summed E-state index contributed by atoms with van der Waals surface area (Å²) < 4.78 is 24.2. The van der Waals surface area contributed by atoms with Crippen LogP contribution in [0, 0.1) is 0 Å². The molecule has 1 aromatic rings. The lowest BCUT2D eigenvalue weighted by Crippen LogP contribution is -2.36. The van der Waals surface area contributed by atoms with E-state index in [9.17, 15) is 18.3 Å². The van der Waals surface area contributed by atoms with Crippen LogP contribution in [0.1, 0.15) is 54.9 Å². The molecule has 0 aliphatic carbocycles. The molecule has 8 heteroatoms. The van der Waals surface area contributed by atoms with Gasteiger partial charge in [0.25, 0.3) is 0 Å². The molecule has 1 aliphatic heterocycles. The van der Waals surface area contributed by atoms with Crippen LogP contribution in [-0.4, -0.2) is 38.6 Å². The Hall–Kier alpha value is -1.64. The number of anilines is 1. The fraction of sp³-hybridized carbons (Fsp3) is 0.588. The largest absolute Gasteiger partial charge is 0.478 e. The number of carbonyl (C=O) groups is 1. The first-order valence-corrected chi connectivity index (χ1v) is 10.3. The number of hydrogen-bond donors (Lipinski definition) is 4. The summed E-state index contributed by atoms with van der Waals surface area (Å²) in [5.74, 6) is -1.18. The Balaban J connectivity index is 2.47. The zero-order valence-electron chi connectivity index (χ0n) is 14.5. The number of hydrogen-bond acceptors (Lipinski definition) is 5. The molecule has 1 aromatic carbocycles. The van der Waals surface area contributed by atoms with Gasteiger partial charge in [0.1, 0.15) is 0 Å². The molecule has 0 amide bonds. The number of benzene rings is 1. The molecular weight excluding hydrogens is 342 g/mol. The molecule has 1 aliphatic rings. The number of rotatable bonds is 8. The number of nitrogens with two attached hydrogens (primary N) is 1. The lowest BCUT2D eigenvalue weighted by molar-refractivity contribution is 0.0696. The van der Waals surface area contributed by atoms with Gasteiger partial charge >= 0.3 is 5.97 Å². The summed E-state index contributed by atoms with van der Waals surface area (Å²) in [5.41, 5.74) is 1.04. The summed E-state index contributed by atoms with van der Waals surface area (Å²) >= 11 is 0. The fourth-order valence-corrected chi connectivity index (χ4v) is 3.96. The van der Waals surface area contributed by atoms with Gasteiger partial charge < -0.3 is 15.7 Å². The Morgan fingerprint density at radius 2 is 2.16 bits per heavy atom. The standard InChI is InChI=1S/C17H27N3O4S/c1-2-3-7-20-15-9-12(17(21)22)10-16(25(18,23)24)14(15)11-13-6-4-5-8-19-13/h9-10,13,19-20H,2-8,11H2,1H3,(H,21,22)(H2,18,23,24). The van der Waals surface area contributed by atoms with Crippen LogP contribution in [0.5, 0.6) is 0 Å². The molecule has 1 unspecified atom stereocenters. The van der Waals surface area contributed by atoms with Gasteiger partial charge in [-0.15, -0.1) is 0 Å². The van der Waals surface area contributed by atoms with E-state index in [-0.39, 0.29) is 16.5 Å². The maximum absolute atomic E-state index is 12.1. The van der Waals surface area contributed by atoms with Gasteiger partial charge in [-0.3, -0.25) is 0 Å². The van der Waals surface area contributed by atoms with Crippen LogP contribution in [-0.2, 0) is 16.4 Å². The van der Waals surface area contributed by atoms with Crippen molar-refractivity contribution in [3.63, 3.8) is 0 Å². The number of carboxylic acid groups (broad SMARTS) is 1. The van der Waals surface area contributed by atoms with Gasteiger partial charge in [-0.05, 0) is 49.9 Å². The average Bonchev–Trinajstić information content (AvgIpc) is 2.56. The van der Waals surface area contributed by atoms with Gasteiger partial charge in [0.15, 0.2) is 0 Å². The van der Waals surface area contributed by atoms with Gasteiger partial charge in [-0.25, -0.2) is 18.4 Å². The SMILES string of the molecule is CCCCNc1cc(C(=O)O)cc(S(N)(=O)=O)c1CC1CCCCN1. The molecule has 7 nitrogen and oxygen atoms in total. The van der Waals surface area contributed by atoms with E-state index in [1.165, 1.54) is 12.1 Å². The minimum absolute atomic E-state index is 0.0802. The Bertz CT molecular complexity index is 713. The zero-order valence-corrected chi connectivity index (χ0v) is 15.4. The number of sulfonamides is 1. The third-order valence-corrected chi connectivity index (χ3v) is 5.45. The molecule has 5 N–H and O–H groups in total. The Kier molecular flexibility index (Phi) is 6.80. The molecular formula is C17H27N3O4S. The molecule has 0 bridgehead atoms. The molecule has 0 saturated carbocycles. The summed E-state index contributed by atoms with van der Waals surface area (Å²) in [6.07, 6.45) is 5.54. The number of carboxylic acids is 1. The Morgan fingerprint density at radius 3 is 2.72 bits per heavy atom. The highest BCUT2D eigenvalue weighted by Crippen LogP contribution is 2.29. The van der Waals surface area contributed by atoms with Gasteiger partial charge in [0, 0.05) is 18.3 Å². The molecule has 1 atom stereocenters. The quantitative estimate of drug-likeness (QED) is 0.520. The van der Waals surface area contributed by atoms with Crippen LogP contribution in [0.15, 0.2) is 17.0 Å². The lowest BCUT2D eigenvalue weighted by Gasteiger charge is -2.26. The van der Waals surface area contributed by atoms with E-state index in [2.05, 4.69) is 17.6 Å². The smallest absolute Gasteiger partial charge is 0.335 e. The summed E-state index contributed by atoms with van der Waals surface area (Å²) in [6.45, 7) is 3.61. The monoisotopic (exact) mass is 369 g/mol. The van der Waals surface area contributed by atoms with Crippen molar-refractivity contribution in [2.24, 2.45) is 5.14 Å². The fourth-order valence-electron chi connectivity index (χ4n) is 3.14. The van der Waals surface area contributed by atoms with Crippen molar-refractivity contribution in [2.45, 2.75) is 56.4 Å². The molecule has 25 heavy (non-hydrogen) atoms. The molecule has 0 spiro atoms. The van der Waals surface area contributed by atoms with Crippen molar-refractivity contribution in [1.29, 1.82) is 0 Å². The highest BCUT2D eigenvalue weighted by atomic mass is 32.2. The first-order valence-electron chi connectivity index (χ1n) is 8.73. The summed E-state index contributed by atoms with van der Waals surface area (Å²) in [4.78, 5) is 11.3. The maximum atomic E-state index is 12.1. The van der Waals surface area contributed by atoms with Gasteiger partial charge in [0.2, 0.25) is 10.0 Å².